The van der Waals surface area contributed by atoms with Gasteiger partial charge in [0.25, 0.3) is 5.91 Å². The van der Waals surface area contributed by atoms with Gasteiger partial charge in [0.05, 0.1) is 9.21 Å². The van der Waals surface area contributed by atoms with Crippen molar-refractivity contribution in [3.8, 4) is 10.6 Å². The molecular formula is C15H18ClN3O2S. The second-order valence-electron chi connectivity index (χ2n) is 5.72. The molecule has 3 N–H and O–H groups in total. The van der Waals surface area contributed by atoms with Crippen LogP contribution in [0.25, 0.3) is 10.6 Å². The average Bonchev–Trinajstić information content (AvgIpc) is 3.07. The third-order valence-electron chi connectivity index (χ3n) is 4.18. The molecule has 2 aromatic rings. The molecule has 1 fully saturated rings. The summed E-state index contributed by atoms with van der Waals surface area (Å²) in [6, 6.07) is 3.75. The highest BCUT2D eigenvalue weighted by atomic mass is 35.5. The van der Waals surface area contributed by atoms with Gasteiger partial charge in [-0.25, -0.2) is 0 Å². The molecule has 2 atom stereocenters. The van der Waals surface area contributed by atoms with Crippen LogP contribution >= 0.6 is 22.9 Å². The lowest BCUT2D eigenvalue weighted by Crippen LogP contribution is -2.41. The van der Waals surface area contributed by atoms with Crippen LogP contribution in [0.4, 0.5) is 5.88 Å². The van der Waals surface area contributed by atoms with Crippen molar-refractivity contribution in [2.45, 2.75) is 38.6 Å². The van der Waals surface area contributed by atoms with Gasteiger partial charge in [-0.2, -0.15) is 0 Å². The molecule has 7 heteroatoms. The zero-order chi connectivity index (χ0) is 15.7. The van der Waals surface area contributed by atoms with E-state index in [1.165, 1.54) is 17.8 Å². The van der Waals surface area contributed by atoms with E-state index >= 15 is 0 Å². The first kappa shape index (κ1) is 15.4. The lowest BCUT2D eigenvalue weighted by Gasteiger charge is -2.29. The summed E-state index contributed by atoms with van der Waals surface area (Å²) in [5, 5.41) is 7.00. The Morgan fingerprint density at radius 3 is 2.91 bits per heavy atom. The molecule has 1 aliphatic carbocycles. The van der Waals surface area contributed by atoms with Gasteiger partial charge in [-0.15, -0.1) is 11.3 Å². The maximum atomic E-state index is 12.6. The molecule has 0 saturated heterocycles. The zero-order valence-electron chi connectivity index (χ0n) is 12.3. The van der Waals surface area contributed by atoms with E-state index in [0.717, 1.165) is 24.1 Å². The fraction of sp³-hybridized carbons (Fsp3) is 0.467. The normalized spacial score (nSPS) is 21.7. The summed E-state index contributed by atoms with van der Waals surface area (Å²) >= 11 is 7.29. The van der Waals surface area contributed by atoms with Crippen molar-refractivity contribution >= 4 is 34.7 Å². The van der Waals surface area contributed by atoms with Crippen LogP contribution in [0.1, 0.15) is 43.0 Å². The fourth-order valence-electron chi connectivity index (χ4n) is 2.90. The molecule has 22 heavy (non-hydrogen) atoms. The summed E-state index contributed by atoms with van der Waals surface area (Å²) in [5.74, 6) is 0.288. The molecule has 0 radical (unpaired) electrons. The van der Waals surface area contributed by atoms with E-state index in [9.17, 15) is 4.79 Å². The first-order valence-corrected chi connectivity index (χ1v) is 8.57. The van der Waals surface area contributed by atoms with Crippen LogP contribution in [0.2, 0.25) is 4.34 Å². The van der Waals surface area contributed by atoms with Crippen molar-refractivity contribution in [1.29, 1.82) is 0 Å². The van der Waals surface area contributed by atoms with E-state index in [1.807, 2.05) is 6.07 Å². The predicted molar refractivity (Wildman–Crippen MR) is 88.1 cm³/mol. The van der Waals surface area contributed by atoms with Gasteiger partial charge in [0.1, 0.15) is 11.3 Å². The van der Waals surface area contributed by atoms with E-state index in [2.05, 4.69) is 17.4 Å². The molecule has 1 amide bonds. The lowest BCUT2D eigenvalue weighted by atomic mass is 9.86. The van der Waals surface area contributed by atoms with Gasteiger partial charge in [0.15, 0.2) is 0 Å². The number of halogens is 1. The zero-order valence-corrected chi connectivity index (χ0v) is 13.8. The molecule has 2 unspecified atom stereocenters. The number of nitrogens with zero attached hydrogens (tertiary/aromatic N) is 1. The molecule has 3 rings (SSSR count). The molecule has 0 spiro atoms. The van der Waals surface area contributed by atoms with Crippen LogP contribution in [-0.4, -0.2) is 17.1 Å². The Morgan fingerprint density at radius 1 is 1.45 bits per heavy atom. The Balaban J connectivity index is 1.84. The van der Waals surface area contributed by atoms with Crippen molar-refractivity contribution in [3.05, 3.63) is 22.0 Å². The smallest absolute Gasteiger partial charge is 0.259 e. The van der Waals surface area contributed by atoms with Crippen molar-refractivity contribution < 1.29 is 9.32 Å². The van der Waals surface area contributed by atoms with Crippen LogP contribution < -0.4 is 11.1 Å². The lowest BCUT2D eigenvalue weighted by molar-refractivity contribution is 0.0911. The molecule has 1 saturated carbocycles. The highest BCUT2D eigenvalue weighted by Crippen LogP contribution is 2.34. The van der Waals surface area contributed by atoms with Crippen molar-refractivity contribution in [2.75, 3.05) is 5.73 Å². The summed E-state index contributed by atoms with van der Waals surface area (Å²) in [4.78, 5) is 13.4. The number of aromatic nitrogens is 1. The fourth-order valence-corrected chi connectivity index (χ4v) is 3.93. The summed E-state index contributed by atoms with van der Waals surface area (Å²) in [6.45, 7) is 2.17. The van der Waals surface area contributed by atoms with Crippen LogP contribution in [0.15, 0.2) is 16.7 Å². The number of hydrogen-bond donors (Lipinski definition) is 2. The van der Waals surface area contributed by atoms with E-state index in [4.69, 9.17) is 21.9 Å². The maximum Gasteiger partial charge on any atom is 0.259 e. The summed E-state index contributed by atoms with van der Waals surface area (Å²) in [5.41, 5.74) is 6.56. The number of carbonyl (C=O) groups excluding carboxylic acids is 1. The second kappa shape index (κ2) is 6.30. The number of hydrogen-bond acceptors (Lipinski definition) is 5. The van der Waals surface area contributed by atoms with Gasteiger partial charge in [0, 0.05) is 6.04 Å². The molecular weight excluding hydrogens is 322 g/mol. The summed E-state index contributed by atoms with van der Waals surface area (Å²) in [7, 11) is 0. The van der Waals surface area contributed by atoms with Crippen molar-refractivity contribution in [2.24, 2.45) is 5.92 Å². The second-order valence-corrected chi connectivity index (χ2v) is 7.43. The van der Waals surface area contributed by atoms with Gasteiger partial charge in [-0.1, -0.05) is 36.5 Å². The minimum atomic E-state index is -0.225. The Hall–Kier alpha value is -1.53. The molecule has 0 aromatic carbocycles. The molecule has 0 bridgehead atoms. The molecule has 118 valence electrons. The van der Waals surface area contributed by atoms with Gasteiger partial charge < -0.3 is 15.6 Å². The standard InChI is InChI=1S/C15H18ClN3O2S/c1-8-4-2-3-5-9(8)18-15(20)12-13(19-21-14(12)17)10-6-7-11(16)22-10/h6-9H,2-5,17H2,1H3,(H,18,20). The molecule has 0 aliphatic heterocycles. The van der Waals surface area contributed by atoms with Crippen LogP contribution in [0.5, 0.6) is 0 Å². The first-order chi connectivity index (χ1) is 10.6. The predicted octanol–water partition coefficient (Wildman–Crippen LogP) is 3.95. The quantitative estimate of drug-likeness (QED) is 0.887. The number of rotatable bonds is 3. The number of nitrogen functional groups attached to an aromatic ring is 1. The van der Waals surface area contributed by atoms with E-state index in [1.54, 1.807) is 6.07 Å². The SMILES string of the molecule is CC1CCCCC1NC(=O)c1c(-c2ccc(Cl)s2)noc1N. The minimum absolute atomic E-state index is 0.0421. The number of nitrogens with two attached hydrogens (primary N) is 1. The number of carbonyl (C=O) groups is 1. The maximum absolute atomic E-state index is 12.6. The van der Waals surface area contributed by atoms with Crippen LogP contribution in [0, 0.1) is 5.92 Å². The monoisotopic (exact) mass is 339 g/mol. The Kier molecular flexibility index (Phi) is 4.40. The van der Waals surface area contributed by atoms with Gasteiger partial charge >= 0.3 is 0 Å². The number of nitrogens with one attached hydrogen (secondary N) is 1. The van der Waals surface area contributed by atoms with Gasteiger partial charge in [-0.05, 0) is 30.9 Å². The van der Waals surface area contributed by atoms with Crippen LogP contribution in [0.3, 0.4) is 0 Å². The number of thiophene rings is 1. The third-order valence-corrected chi connectivity index (χ3v) is 5.42. The number of amides is 1. The third kappa shape index (κ3) is 2.98. The Morgan fingerprint density at radius 2 is 2.23 bits per heavy atom. The highest BCUT2D eigenvalue weighted by Gasteiger charge is 2.28. The van der Waals surface area contributed by atoms with Crippen LogP contribution in [-0.2, 0) is 0 Å². The molecule has 1 aliphatic rings. The summed E-state index contributed by atoms with van der Waals surface area (Å²) in [6.07, 6.45) is 4.50. The van der Waals surface area contributed by atoms with E-state index < -0.39 is 0 Å². The van der Waals surface area contributed by atoms with Crippen molar-refractivity contribution in [3.63, 3.8) is 0 Å². The first-order valence-electron chi connectivity index (χ1n) is 7.38. The largest absolute Gasteiger partial charge is 0.367 e. The molecule has 2 heterocycles. The van der Waals surface area contributed by atoms with Gasteiger partial charge in [0.2, 0.25) is 5.88 Å². The van der Waals surface area contributed by atoms with E-state index in [-0.39, 0.29) is 17.8 Å². The van der Waals surface area contributed by atoms with E-state index in [0.29, 0.717) is 21.5 Å². The topological polar surface area (TPSA) is 81.2 Å². The Bertz CT molecular complexity index is 682. The Labute approximate surface area is 137 Å². The van der Waals surface area contributed by atoms with Gasteiger partial charge in [-0.3, -0.25) is 4.79 Å². The summed E-state index contributed by atoms with van der Waals surface area (Å²) < 4.78 is 5.66. The average molecular weight is 340 g/mol. The molecule has 2 aromatic heterocycles. The van der Waals surface area contributed by atoms with Crippen molar-refractivity contribution in [1.82, 2.24) is 10.5 Å². The highest BCUT2D eigenvalue weighted by molar-refractivity contribution is 7.19. The molecule has 5 nitrogen and oxygen atoms in total. The minimum Gasteiger partial charge on any atom is -0.367 e. The number of anilines is 1.